The summed E-state index contributed by atoms with van der Waals surface area (Å²) in [4.78, 5) is 14.2. The Morgan fingerprint density at radius 1 is 1.18 bits per heavy atom. The SMILES string of the molecule is CCCC[C@@H](C(=O)N(C)C)N(CC(F)(F)F)c1ccc(C#N)c(C(F)(F)F)c1. The van der Waals surface area contributed by atoms with E-state index < -0.39 is 47.7 Å². The summed E-state index contributed by atoms with van der Waals surface area (Å²) in [6.07, 6.45) is -8.61. The summed E-state index contributed by atoms with van der Waals surface area (Å²) < 4.78 is 79.3. The number of hydrogen-bond acceptors (Lipinski definition) is 3. The summed E-state index contributed by atoms with van der Waals surface area (Å²) in [5.74, 6) is -0.643. The monoisotopic (exact) mass is 409 g/mol. The van der Waals surface area contributed by atoms with E-state index in [1.165, 1.54) is 20.2 Å². The number of amides is 1. The molecule has 0 N–H and O–H groups in total. The second-order valence-corrected chi connectivity index (χ2v) is 6.47. The van der Waals surface area contributed by atoms with E-state index in [1.807, 2.05) is 0 Å². The van der Waals surface area contributed by atoms with E-state index in [0.717, 1.165) is 17.0 Å². The fourth-order valence-electron chi connectivity index (χ4n) is 2.73. The Bertz CT molecular complexity index is 722. The maximum absolute atomic E-state index is 13.2. The van der Waals surface area contributed by atoms with Gasteiger partial charge < -0.3 is 9.80 Å². The molecule has 1 atom stereocenters. The minimum Gasteiger partial charge on any atom is -0.350 e. The molecule has 0 saturated heterocycles. The highest BCUT2D eigenvalue weighted by Crippen LogP contribution is 2.36. The Labute approximate surface area is 159 Å². The standard InChI is InChI=1S/C18H21F6N3O/c1-4-5-6-15(16(28)26(2)3)27(11-17(19,20)21)13-8-7-12(10-25)14(9-13)18(22,23)24/h7-9,15H,4-6,11H2,1-3H3/t15-/m0/s1. The zero-order chi connectivity index (χ0) is 21.7. The molecule has 1 aromatic carbocycles. The van der Waals surface area contributed by atoms with Crippen LogP contribution in [-0.4, -0.2) is 43.7 Å². The fraction of sp³-hybridized carbons (Fsp3) is 0.556. The lowest BCUT2D eigenvalue weighted by Crippen LogP contribution is -2.50. The number of carbonyl (C=O) groups is 1. The van der Waals surface area contributed by atoms with Crippen molar-refractivity contribution in [2.75, 3.05) is 25.5 Å². The smallest absolute Gasteiger partial charge is 0.350 e. The summed E-state index contributed by atoms with van der Waals surface area (Å²) in [7, 11) is 2.74. The van der Waals surface area contributed by atoms with Gasteiger partial charge in [-0.3, -0.25) is 4.79 Å². The van der Waals surface area contributed by atoms with Gasteiger partial charge in [0.05, 0.1) is 17.2 Å². The van der Waals surface area contributed by atoms with E-state index in [-0.39, 0.29) is 6.42 Å². The van der Waals surface area contributed by atoms with Crippen LogP contribution < -0.4 is 4.90 Å². The normalized spacial score (nSPS) is 13.0. The average molecular weight is 409 g/mol. The van der Waals surface area contributed by atoms with E-state index in [1.54, 1.807) is 6.92 Å². The molecule has 0 aliphatic carbocycles. The number of carbonyl (C=O) groups excluding carboxylic acids is 1. The second-order valence-electron chi connectivity index (χ2n) is 6.47. The van der Waals surface area contributed by atoms with Gasteiger partial charge >= 0.3 is 12.4 Å². The predicted molar refractivity (Wildman–Crippen MR) is 91.6 cm³/mol. The number of rotatable bonds is 7. The molecule has 0 aliphatic heterocycles. The lowest BCUT2D eigenvalue weighted by Gasteiger charge is -2.35. The molecular formula is C18H21F6N3O. The quantitative estimate of drug-likeness (QED) is 0.619. The third-order valence-electron chi connectivity index (χ3n) is 4.04. The van der Waals surface area contributed by atoms with Crippen LogP contribution in [0.4, 0.5) is 32.0 Å². The molecule has 0 saturated carbocycles. The van der Waals surface area contributed by atoms with Crippen LogP contribution in [0.2, 0.25) is 0 Å². The summed E-state index contributed by atoms with van der Waals surface area (Å²) >= 11 is 0. The van der Waals surface area contributed by atoms with E-state index in [9.17, 15) is 31.1 Å². The molecule has 10 heteroatoms. The van der Waals surface area contributed by atoms with Crippen molar-refractivity contribution in [3.8, 4) is 6.07 Å². The highest BCUT2D eigenvalue weighted by Gasteiger charge is 2.39. The van der Waals surface area contributed by atoms with Gasteiger partial charge in [-0.1, -0.05) is 19.8 Å². The van der Waals surface area contributed by atoms with E-state index in [4.69, 9.17) is 5.26 Å². The molecule has 0 radical (unpaired) electrons. The Kier molecular flexibility index (Phi) is 7.73. The lowest BCUT2D eigenvalue weighted by molar-refractivity contribution is -0.137. The lowest BCUT2D eigenvalue weighted by atomic mass is 10.0. The average Bonchev–Trinajstić information content (AvgIpc) is 2.58. The first kappa shape index (κ1) is 23.6. The maximum atomic E-state index is 13.2. The van der Waals surface area contributed by atoms with Crippen molar-refractivity contribution in [2.24, 2.45) is 0 Å². The summed E-state index contributed by atoms with van der Waals surface area (Å²) in [5.41, 5.74) is -2.46. The number of alkyl halides is 6. The van der Waals surface area contributed by atoms with Crippen LogP contribution in [0.15, 0.2) is 18.2 Å². The maximum Gasteiger partial charge on any atom is 0.417 e. The Hall–Kier alpha value is -2.44. The molecule has 0 heterocycles. The van der Waals surface area contributed by atoms with E-state index >= 15 is 0 Å². The third-order valence-corrected chi connectivity index (χ3v) is 4.04. The Balaban J connectivity index is 3.56. The number of benzene rings is 1. The molecular weight excluding hydrogens is 388 g/mol. The molecule has 0 aromatic heterocycles. The van der Waals surface area contributed by atoms with Crippen molar-refractivity contribution in [2.45, 2.75) is 44.6 Å². The molecule has 0 fully saturated rings. The molecule has 0 aliphatic rings. The second kappa shape index (κ2) is 9.17. The van der Waals surface area contributed by atoms with Gasteiger partial charge in [-0.25, -0.2) is 0 Å². The third kappa shape index (κ3) is 6.32. The first-order valence-electron chi connectivity index (χ1n) is 8.47. The Morgan fingerprint density at radius 2 is 1.79 bits per heavy atom. The molecule has 4 nitrogen and oxygen atoms in total. The van der Waals surface area contributed by atoms with Gasteiger partial charge in [0.25, 0.3) is 0 Å². The minimum atomic E-state index is -4.92. The Morgan fingerprint density at radius 3 is 2.21 bits per heavy atom. The minimum absolute atomic E-state index is 0.0466. The summed E-state index contributed by atoms with van der Waals surface area (Å²) in [5, 5.41) is 8.88. The number of likely N-dealkylation sites (N-methyl/N-ethyl adjacent to an activating group) is 1. The van der Waals surface area contributed by atoms with Gasteiger partial charge in [0.1, 0.15) is 12.6 Å². The highest BCUT2D eigenvalue weighted by atomic mass is 19.4. The van der Waals surface area contributed by atoms with Crippen molar-refractivity contribution in [1.82, 2.24) is 4.90 Å². The van der Waals surface area contributed by atoms with Gasteiger partial charge in [0.15, 0.2) is 0 Å². The fourth-order valence-corrected chi connectivity index (χ4v) is 2.73. The van der Waals surface area contributed by atoms with Gasteiger partial charge in [-0.2, -0.15) is 31.6 Å². The van der Waals surface area contributed by atoms with Crippen molar-refractivity contribution < 1.29 is 31.1 Å². The van der Waals surface area contributed by atoms with Crippen molar-refractivity contribution >= 4 is 11.6 Å². The van der Waals surface area contributed by atoms with Crippen LogP contribution in [0.5, 0.6) is 0 Å². The van der Waals surface area contributed by atoms with Crippen LogP contribution >= 0.6 is 0 Å². The van der Waals surface area contributed by atoms with Crippen molar-refractivity contribution in [3.63, 3.8) is 0 Å². The van der Waals surface area contributed by atoms with Crippen LogP contribution in [0.3, 0.4) is 0 Å². The number of hydrogen-bond donors (Lipinski definition) is 0. The number of nitriles is 1. The zero-order valence-corrected chi connectivity index (χ0v) is 15.7. The molecule has 0 spiro atoms. The topological polar surface area (TPSA) is 47.3 Å². The van der Waals surface area contributed by atoms with E-state index in [2.05, 4.69) is 0 Å². The van der Waals surface area contributed by atoms with E-state index in [0.29, 0.717) is 23.8 Å². The van der Waals surface area contributed by atoms with Gasteiger partial charge in [0, 0.05) is 19.8 Å². The molecule has 0 unspecified atom stereocenters. The zero-order valence-electron chi connectivity index (χ0n) is 15.7. The van der Waals surface area contributed by atoms with Crippen LogP contribution in [-0.2, 0) is 11.0 Å². The van der Waals surface area contributed by atoms with Gasteiger partial charge in [0.2, 0.25) is 5.91 Å². The molecule has 156 valence electrons. The first-order valence-corrected chi connectivity index (χ1v) is 8.47. The number of unbranched alkanes of at least 4 members (excludes halogenated alkanes) is 1. The number of nitrogens with zero attached hydrogens (tertiary/aromatic N) is 3. The summed E-state index contributed by atoms with van der Waals surface area (Å²) in [6, 6.07) is 2.41. The molecule has 1 rings (SSSR count). The van der Waals surface area contributed by atoms with Crippen LogP contribution in [0, 0.1) is 11.3 Å². The largest absolute Gasteiger partial charge is 0.417 e. The molecule has 28 heavy (non-hydrogen) atoms. The first-order chi connectivity index (χ1) is 12.8. The number of halogens is 6. The molecule has 0 bridgehead atoms. The molecule has 1 amide bonds. The van der Waals surface area contributed by atoms with Gasteiger partial charge in [-0.05, 0) is 24.6 Å². The highest BCUT2D eigenvalue weighted by molar-refractivity contribution is 5.85. The van der Waals surface area contributed by atoms with Gasteiger partial charge in [-0.15, -0.1) is 0 Å². The summed E-state index contributed by atoms with van der Waals surface area (Å²) in [6.45, 7) is 0.193. The van der Waals surface area contributed by atoms with Crippen LogP contribution in [0.1, 0.15) is 37.3 Å². The van der Waals surface area contributed by atoms with Crippen molar-refractivity contribution in [3.05, 3.63) is 29.3 Å². The molecule has 1 aromatic rings. The predicted octanol–water partition coefficient (Wildman–Crippen LogP) is 4.59. The number of anilines is 1. The van der Waals surface area contributed by atoms with Crippen molar-refractivity contribution in [1.29, 1.82) is 5.26 Å². The van der Waals surface area contributed by atoms with Crippen LogP contribution in [0.25, 0.3) is 0 Å².